The summed E-state index contributed by atoms with van der Waals surface area (Å²) in [5.41, 5.74) is 3.07. The van der Waals surface area contributed by atoms with Crippen molar-refractivity contribution in [1.29, 1.82) is 0 Å². The minimum absolute atomic E-state index is 0.648. The lowest BCUT2D eigenvalue weighted by atomic mass is 10.1. The maximum Gasteiger partial charge on any atom is 0.0150 e. The van der Waals surface area contributed by atoms with Gasteiger partial charge < -0.3 is 5.32 Å². The van der Waals surface area contributed by atoms with Gasteiger partial charge in [0.15, 0.2) is 0 Å². The van der Waals surface area contributed by atoms with Gasteiger partial charge in [0.1, 0.15) is 0 Å². The van der Waals surface area contributed by atoms with E-state index in [0.717, 1.165) is 0 Å². The van der Waals surface area contributed by atoms with E-state index >= 15 is 0 Å². The molecule has 0 spiro atoms. The summed E-state index contributed by atoms with van der Waals surface area (Å²) in [7, 11) is 0. The Balaban J connectivity index is 1.98. The molecule has 1 aliphatic rings. The summed E-state index contributed by atoms with van der Waals surface area (Å²) in [6.45, 7) is 4.50. The topological polar surface area (TPSA) is 12.0 Å². The molecule has 1 unspecified atom stereocenters. The molecule has 0 amide bonds. The molecule has 76 valence electrons. The number of nitrogens with one attached hydrogen (secondary N) is 1. The predicted octanol–water partition coefficient (Wildman–Crippen LogP) is 2.54. The molecule has 1 nitrogen and oxygen atoms in total. The highest BCUT2D eigenvalue weighted by Crippen LogP contribution is 2.21. The monoisotopic (exact) mass is 189 g/mol. The van der Waals surface area contributed by atoms with Crippen molar-refractivity contribution in [3.8, 4) is 0 Å². The molecular formula is C13H19N. The molecule has 1 aromatic rings. The lowest BCUT2D eigenvalue weighted by molar-refractivity contribution is 0.447. The second-order valence-corrected chi connectivity index (χ2v) is 4.35. The molecule has 1 aliphatic carbocycles. The second-order valence-electron chi connectivity index (χ2n) is 4.35. The van der Waals surface area contributed by atoms with Gasteiger partial charge in [-0.3, -0.25) is 0 Å². The van der Waals surface area contributed by atoms with Crippen molar-refractivity contribution in [2.75, 3.05) is 0 Å². The van der Waals surface area contributed by atoms with Crippen LogP contribution in [0.15, 0.2) is 24.3 Å². The Bertz CT molecular complexity index is 281. The average Bonchev–Trinajstić information content (AvgIpc) is 2.59. The van der Waals surface area contributed by atoms with Gasteiger partial charge in [-0.15, -0.1) is 0 Å². The minimum Gasteiger partial charge on any atom is -0.311 e. The molecule has 0 fully saturated rings. The van der Waals surface area contributed by atoms with E-state index in [9.17, 15) is 0 Å². The van der Waals surface area contributed by atoms with Crippen LogP contribution in [-0.4, -0.2) is 12.1 Å². The molecule has 1 aromatic carbocycles. The Morgan fingerprint density at radius 1 is 1.29 bits per heavy atom. The predicted molar refractivity (Wildman–Crippen MR) is 60.5 cm³/mol. The molecule has 14 heavy (non-hydrogen) atoms. The third-order valence-electron chi connectivity index (χ3n) is 3.18. The lowest BCUT2D eigenvalue weighted by Gasteiger charge is -2.17. The minimum atomic E-state index is 0.648. The largest absolute Gasteiger partial charge is 0.311 e. The van der Waals surface area contributed by atoms with Crippen molar-refractivity contribution in [3.63, 3.8) is 0 Å². The standard InChI is InChI=1S/C13H19N/c1-3-10(2)14-13-8-11-6-4-5-7-12(11)9-13/h4-7,10,13-14H,3,8-9H2,1-2H3. The fraction of sp³-hybridized carbons (Fsp3) is 0.538. The van der Waals surface area contributed by atoms with Gasteiger partial charge in [-0.1, -0.05) is 31.2 Å². The summed E-state index contributed by atoms with van der Waals surface area (Å²) < 4.78 is 0. The van der Waals surface area contributed by atoms with Crippen LogP contribution >= 0.6 is 0 Å². The third-order valence-corrected chi connectivity index (χ3v) is 3.18. The van der Waals surface area contributed by atoms with Crippen LogP contribution < -0.4 is 5.32 Å². The molecule has 0 saturated carbocycles. The van der Waals surface area contributed by atoms with Crippen LogP contribution in [0.4, 0.5) is 0 Å². The SMILES string of the molecule is CCC(C)NC1Cc2ccccc2C1. The third kappa shape index (κ3) is 1.98. The second kappa shape index (κ2) is 4.14. The molecule has 0 bridgehead atoms. The van der Waals surface area contributed by atoms with E-state index in [1.807, 2.05) is 0 Å². The number of hydrogen-bond acceptors (Lipinski definition) is 1. The van der Waals surface area contributed by atoms with E-state index in [-0.39, 0.29) is 0 Å². The number of hydrogen-bond donors (Lipinski definition) is 1. The van der Waals surface area contributed by atoms with E-state index < -0.39 is 0 Å². The van der Waals surface area contributed by atoms with Gasteiger partial charge in [-0.05, 0) is 37.3 Å². The van der Waals surface area contributed by atoms with Crippen LogP contribution in [0, 0.1) is 0 Å². The van der Waals surface area contributed by atoms with Crippen molar-refractivity contribution >= 4 is 0 Å². The van der Waals surface area contributed by atoms with Gasteiger partial charge >= 0.3 is 0 Å². The zero-order valence-corrected chi connectivity index (χ0v) is 9.09. The fourth-order valence-corrected chi connectivity index (χ4v) is 2.20. The highest BCUT2D eigenvalue weighted by atomic mass is 14.9. The summed E-state index contributed by atoms with van der Waals surface area (Å²) in [4.78, 5) is 0. The smallest absolute Gasteiger partial charge is 0.0150 e. The van der Waals surface area contributed by atoms with Crippen LogP contribution in [-0.2, 0) is 12.8 Å². The van der Waals surface area contributed by atoms with Gasteiger partial charge in [0.05, 0.1) is 0 Å². The Labute approximate surface area is 86.5 Å². The molecule has 0 heterocycles. The van der Waals surface area contributed by atoms with E-state index in [4.69, 9.17) is 0 Å². The molecule has 0 aliphatic heterocycles. The Morgan fingerprint density at radius 2 is 1.86 bits per heavy atom. The normalized spacial score (nSPS) is 18.1. The summed E-state index contributed by atoms with van der Waals surface area (Å²) in [5, 5.41) is 3.68. The number of benzene rings is 1. The van der Waals surface area contributed by atoms with Gasteiger partial charge in [0.25, 0.3) is 0 Å². The highest BCUT2D eigenvalue weighted by Gasteiger charge is 2.21. The first-order valence-corrected chi connectivity index (χ1v) is 5.62. The molecule has 0 radical (unpaired) electrons. The van der Waals surface area contributed by atoms with E-state index in [1.54, 1.807) is 0 Å². The molecule has 1 heteroatoms. The molecular weight excluding hydrogens is 170 g/mol. The van der Waals surface area contributed by atoms with Gasteiger partial charge in [-0.25, -0.2) is 0 Å². The zero-order chi connectivity index (χ0) is 9.97. The summed E-state index contributed by atoms with van der Waals surface area (Å²) in [5.74, 6) is 0. The van der Waals surface area contributed by atoms with Crippen molar-refractivity contribution in [3.05, 3.63) is 35.4 Å². The van der Waals surface area contributed by atoms with Crippen LogP contribution in [0.2, 0.25) is 0 Å². The van der Waals surface area contributed by atoms with Crippen molar-refractivity contribution in [2.24, 2.45) is 0 Å². The summed E-state index contributed by atoms with van der Waals surface area (Å²) in [6.07, 6.45) is 3.63. The first-order chi connectivity index (χ1) is 6.79. The first kappa shape index (κ1) is 9.72. The van der Waals surface area contributed by atoms with E-state index in [0.29, 0.717) is 12.1 Å². The molecule has 1 N–H and O–H groups in total. The van der Waals surface area contributed by atoms with Crippen LogP contribution in [0.25, 0.3) is 0 Å². The summed E-state index contributed by atoms with van der Waals surface area (Å²) >= 11 is 0. The van der Waals surface area contributed by atoms with Crippen molar-refractivity contribution in [2.45, 2.75) is 45.2 Å². The number of rotatable bonds is 3. The Kier molecular flexibility index (Phi) is 2.87. The Hall–Kier alpha value is -0.820. The maximum atomic E-state index is 3.68. The molecule has 0 saturated heterocycles. The number of fused-ring (bicyclic) bond motifs is 1. The zero-order valence-electron chi connectivity index (χ0n) is 9.09. The highest BCUT2D eigenvalue weighted by molar-refractivity contribution is 5.33. The van der Waals surface area contributed by atoms with Crippen molar-refractivity contribution in [1.82, 2.24) is 5.32 Å². The van der Waals surface area contributed by atoms with Crippen LogP contribution in [0.5, 0.6) is 0 Å². The molecule has 1 atom stereocenters. The summed E-state index contributed by atoms with van der Waals surface area (Å²) in [6, 6.07) is 10.1. The Morgan fingerprint density at radius 3 is 2.36 bits per heavy atom. The van der Waals surface area contributed by atoms with Gasteiger partial charge in [0.2, 0.25) is 0 Å². The molecule has 2 rings (SSSR count). The molecule has 0 aromatic heterocycles. The van der Waals surface area contributed by atoms with Crippen molar-refractivity contribution < 1.29 is 0 Å². The van der Waals surface area contributed by atoms with Gasteiger partial charge in [-0.2, -0.15) is 0 Å². The van der Waals surface area contributed by atoms with Gasteiger partial charge in [0, 0.05) is 12.1 Å². The van der Waals surface area contributed by atoms with Crippen LogP contribution in [0.3, 0.4) is 0 Å². The first-order valence-electron chi connectivity index (χ1n) is 5.62. The van der Waals surface area contributed by atoms with E-state index in [2.05, 4.69) is 43.4 Å². The fourth-order valence-electron chi connectivity index (χ4n) is 2.20. The quantitative estimate of drug-likeness (QED) is 0.770. The average molecular weight is 189 g/mol. The van der Waals surface area contributed by atoms with E-state index in [1.165, 1.54) is 30.4 Å². The van der Waals surface area contributed by atoms with Crippen LogP contribution in [0.1, 0.15) is 31.4 Å². The maximum absolute atomic E-state index is 3.68. The lowest BCUT2D eigenvalue weighted by Crippen LogP contribution is -2.36.